The number of rotatable bonds is 2. The van der Waals surface area contributed by atoms with E-state index >= 15 is 0 Å². The molecule has 1 amide bonds. The van der Waals surface area contributed by atoms with Crippen LogP contribution in [0.2, 0.25) is 0 Å². The predicted molar refractivity (Wildman–Crippen MR) is 63.1 cm³/mol. The predicted octanol–water partition coefficient (Wildman–Crippen LogP) is 2.74. The first-order valence-electron chi connectivity index (χ1n) is 6.29. The van der Waals surface area contributed by atoms with Gasteiger partial charge in [0.15, 0.2) is 0 Å². The number of fused-ring (bicyclic) bond motifs is 2. The highest BCUT2D eigenvalue weighted by Crippen LogP contribution is 2.44. The Morgan fingerprint density at radius 3 is 2.53 bits per heavy atom. The molecule has 0 heterocycles. The molecule has 3 heteroatoms. The van der Waals surface area contributed by atoms with Gasteiger partial charge in [0.1, 0.15) is 5.82 Å². The molecule has 0 saturated heterocycles. The summed E-state index contributed by atoms with van der Waals surface area (Å²) >= 11 is 0. The lowest BCUT2D eigenvalue weighted by Crippen LogP contribution is -2.38. The van der Waals surface area contributed by atoms with Gasteiger partial charge in [-0.1, -0.05) is 6.42 Å². The fourth-order valence-corrected chi connectivity index (χ4v) is 3.27. The first kappa shape index (κ1) is 10.8. The van der Waals surface area contributed by atoms with E-state index in [4.69, 9.17) is 0 Å². The van der Waals surface area contributed by atoms with E-state index < -0.39 is 0 Å². The highest BCUT2D eigenvalue weighted by molar-refractivity contribution is 5.94. The molecule has 0 radical (unpaired) electrons. The third-order valence-corrected chi connectivity index (χ3v) is 4.16. The summed E-state index contributed by atoms with van der Waals surface area (Å²) in [5.74, 6) is 1.12. The van der Waals surface area contributed by atoms with Gasteiger partial charge in [0, 0.05) is 11.6 Å². The van der Waals surface area contributed by atoms with Crippen molar-refractivity contribution in [2.75, 3.05) is 0 Å². The van der Waals surface area contributed by atoms with Crippen molar-refractivity contribution in [2.24, 2.45) is 11.8 Å². The largest absolute Gasteiger partial charge is 0.349 e. The van der Waals surface area contributed by atoms with Gasteiger partial charge >= 0.3 is 0 Å². The molecular weight excluding hydrogens is 217 g/mol. The second-order valence-electron chi connectivity index (χ2n) is 5.26. The summed E-state index contributed by atoms with van der Waals surface area (Å²) in [5, 5.41) is 3.08. The standard InChI is InChI=1S/C14H16FNO/c15-12-5-3-10(4-6-12)14(17)16-13-8-9-1-2-11(13)7-9/h3-6,9,11,13H,1-2,7-8H2,(H,16,17). The van der Waals surface area contributed by atoms with Gasteiger partial charge in [-0.2, -0.15) is 0 Å². The highest BCUT2D eigenvalue weighted by Gasteiger charge is 2.40. The van der Waals surface area contributed by atoms with E-state index in [-0.39, 0.29) is 11.7 Å². The summed E-state index contributed by atoms with van der Waals surface area (Å²) < 4.78 is 12.7. The van der Waals surface area contributed by atoms with Gasteiger partial charge in [-0.05, 0) is 55.4 Å². The van der Waals surface area contributed by atoms with Gasteiger partial charge in [-0.15, -0.1) is 0 Å². The number of carbonyl (C=O) groups is 1. The number of amides is 1. The van der Waals surface area contributed by atoms with Crippen molar-refractivity contribution in [3.8, 4) is 0 Å². The summed E-state index contributed by atoms with van der Waals surface area (Å²) in [6, 6.07) is 6.08. The molecule has 2 fully saturated rings. The zero-order valence-electron chi connectivity index (χ0n) is 9.66. The molecule has 3 atom stereocenters. The summed E-state index contributed by atoms with van der Waals surface area (Å²) in [6.07, 6.45) is 4.97. The molecule has 0 aliphatic heterocycles. The number of benzene rings is 1. The lowest BCUT2D eigenvalue weighted by Gasteiger charge is -2.22. The molecule has 3 unspecified atom stereocenters. The Hall–Kier alpha value is -1.38. The normalized spacial score (nSPS) is 30.5. The van der Waals surface area contributed by atoms with Crippen LogP contribution in [0.25, 0.3) is 0 Å². The Morgan fingerprint density at radius 2 is 1.94 bits per heavy atom. The van der Waals surface area contributed by atoms with E-state index in [9.17, 15) is 9.18 Å². The number of carbonyl (C=O) groups excluding carboxylic acids is 1. The topological polar surface area (TPSA) is 29.1 Å². The smallest absolute Gasteiger partial charge is 0.251 e. The second kappa shape index (κ2) is 4.13. The Bertz CT molecular complexity index is 428. The fourth-order valence-electron chi connectivity index (χ4n) is 3.27. The van der Waals surface area contributed by atoms with Gasteiger partial charge < -0.3 is 5.32 Å². The average Bonchev–Trinajstić information content (AvgIpc) is 2.91. The Balaban J connectivity index is 1.65. The monoisotopic (exact) mass is 233 g/mol. The number of hydrogen-bond acceptors (Lipinski definition) is 1. The Labute approximate surface area is 100 Å². The maximum atomic E-state index is 12.7. The minimum Gasteiger partial charge on any atom is -0.349 e. The van der Waals surface area contributed by atoms with Crippen molar-refractivity contribution in [1.29, 1.82) is 0 Å². The lowest BCUT2D eigenvalue weighted by atomic mass is 9.95. The molecule has 17 heavy (non-hydrogen) atoms. The molecule has 1 aromatic rings. The van der Waals surface area contributed by atoms with Crippen LogP contribution in [-0.2, 0) is 0 Å². The van der Waals surface area contributed by atoms with Crippen molar-refractivity contribution >= 4 is 5.91 Å². The quantitative estimate of drug-likeness (QED) is 0.836. The molecule has 0 aromatic heterocycles. The zero-order valence-corrected chi connectivity index (χ0v) is 9.66. The van der Waals surface area contributed by atoms with Crippen LogP contribution in [0.5, 0.6) is 0 Å². The van der Waals surface area contributed by atoms with E-state index in [1.807, 2.05) is 0 Å². The first-order valence-corrected chi connectivity index (χ1v) is 6.29. The van der Waals surface area contributed by atoms with Gasteiger partial charge in [0.2, 0.25) is 0 Å². The van der Waals surface area contributed by atoms with Crippen LogP contribution in [0.4, 0.5) is 4.39 Å². The van der Waals surface area contributed by atoms with E-state index in [1.54, 1.807) is 0 Å². The van der Waals surface area contributed by atoms with E-state index in [1.165, 1.54) is 43.5 Å². The molecule has 2 aliphatic rings. The zero-order chi connectivity index (χ0) is 11.8. The van der Waals surface area contributed by atoms with Gasteiger partial charge in [0.25, 0.3) is 5.91 Å². The minimum absolute atomic E-state index is 0.0671. The second-order valence-corrected chi connectivity index (χ2v) is 5.26. The maximum Gasteiger partial charge on any atom is 0.251 e. The van der Waals surface area contributed by atoms with Crippen LogP contribution < -0.4 is 5.32 Å². The van der Waals surface area contributed by atoms with Crippen molar-refractivity contribution in [3.05, 3.63) is 35.6 Å². The van der Waals surface area contributed by atoms with Gasteiger partial charge in [-0.3, -0.25) is 4.79 Å². The fraction of sp³-hybridized carbons (Fsp3) is 0.500. The third kappa shape index (κ3) is 2.06. The molecule has 3 rings (SSSR count). The van der Waals surface area contributed by atoms with Crippen molar-refractivity contribution in [3.63, 3.8) is 0 Å². The summed E-state index contributed by atoms with van der Waals surface area (Å²) in [6.45, 7) is 0. The Morgan fingerprint density at radius 1 is 1.18 bits per heavy atom. The highest BCUT2D eigenvalue weighted by atomic mass is 19.1. The molecule has 2 nitrogen and oxygen atoms in total. The summed E-state index contributed by atoms with van der Waals surface area (Å²) in [7, 11) is 0. The van der Waals surface area contributed by atoms with Crippen LogP contribution in [0.15, 0.2) is 24.3 Å². The summed E-state index contributed by atoms with van der Waals surface area (Å²) in [5.41, 5.74) is 0.550. The molecule has 2 bridgehead atoms. The van der Waals surface area contributed by atoms with Crippen LogP contribution in [0.3, 0.4) is 0 Å². The number of nitrogens with one attached hydrogen (secondary N) is 1. The van der Waals surface area contributed by atoms with Gasteiger partial charge in [0.05, 0.1) is 0 Å². The van der Waals surface area contributed by atoms with Crippen LogP contribution in [0.1, 0.15) is 36.0 Å². The molecule has 1 N–H and O–H groups in total. The average molecular weight is 233 g/mol. The summed E-state index contributed by atoms with van der Waals surface area (Å²) in [4.78, 5) is 12.0. The van der Waals surface area contributed by atoms with Crippen LogP contribution in [0, 0.1) is 17.7 Å². The first-order chi connectivity index (χ1) is 8.22. The number of halogens is 1. The molecule has 90 valence electrons. The third-order valence-electron chi connectivity index (χ3n) is 4.16. The number of hydrogen-bond donors (Lipinski definition) is 1. The maximum absolute atomic E-state index is 12.7. The van der Waals surface area contributed by atoms with E-state index in [0.29, 0.717) is 17.5 Å². The van der Waals surface area contributed by atoms with Crippen molar-refractivity contribution in [2.45, 2.75) is 31.7 Å². The minimum atomic E-state index is -0.304. The van der Waals surface area contributed by atoms with Crippen molar-refractivity contribution < 1.29 is 9.18 Å². The Kier molecular flexibility index (Phi) is 2.61. The lowest BCUT2D eigenvalue weighted by molar-refractivity contribution is 0.0923. The van der Waals surface area contributed by atoms with Gasteiger partial charge in [-0.25, -0.2) is 4.39 Å². The SMILES string of the molecule is O=C(NC1CC2CCC1C2)c1ccc(F)cc1. The molecule has 2 aliphatic carbocycles. The van der Waals surface area contributed by atoms with Crippen LogP contribution >= 0.6 is 0 Å². The van der Waals surface area contributed by atoms with Crippen molar-refractivity contribution in [1.82, 2.24) is 5.32 Å². The molecule has 1 aromatic carbocycles. The van der Waals surface area contributed by atoms with Crippen LogP contribution in [-0.4, -0.2) is 11.9 Å². The molecule has 2 saturated carbocycles. The molecule has 0 spiro atoms. The van der Waals surface area contributed by atoms with E-state index in [0.717, 1.165) is 12.3 Å². The molecular formula is C14H16FNO. The van der Waals surface area contributed by atoms with E-state index in [2.05, 4.69) is 5.32 Å².